The summed E-state index contributed by atoms with van der Waals surface area (Å²) in [5.74, 6) is -0.212. The Morgan fingerprint density at radius 1 is 1.24 bits per heavy atom. The first-order chi connectivity index (χ1) is 9.99. The van der Waals surface area contributed by atoms with E-state index in [1.54, 1.807) is 18.2 Å². The van der Waals surface area contributed by atoms with E-state index in [4.69, 9.17) is 11.6 Å². The number of hydrogen-bond acceptors (Lipinski definition) is 3. The SMILES string of the molecule is CC(Cc1ccc([N+](=O)[O-])cc1Cl)C(=O)c1ccccc1. The van der Waals surface area contributed by atoms with E-state index in [1.165, 1.54) is 12.1 Å². The fourth-order valence-electron chi connectivity index (χ4n) is 2.12. The Bertz CT molecular complexity index is 670. The van der Waals surface area contributed by atoms with Crippen molar-refractivity contribution in [1.29, 1.82) is 0 Å². The number of Topliss-reactive ketones (excluding diaryl/α,β-unsaturated/α-hetero) is 1. The summed E-state index contributed by atoms with van der Waals surface area (Å²) in [7, 11) is 0. The fraction of sp³-hybridized carbons (Fsp3) is 0.188. The van der Waals surface area contributed by atoms with E-state index in [2.05, 4.69) is 0 Å². The predicted octanol–water partition coefficient (Wildman–Crippen LogP) is 4.31. The molecule has 2 aromatic carbocycles. The van der Waals surface area contributed by atoms with Crippen molar-refractivity contribution in [1.82, 2.24) is 0 Å². The Morgan fingerprint density at radius 2 is 1.90 bits per heavy atom. The molecule has 0 spiro atoms. The van der Waals surface area contributed by atoms with Crippen LogP contribution in [0.25, 0.3) is 0 Å². The first-order valence-corrected chi connectivity index (χ1v) is 6.89. The van der Waals surface area contributed by atoms with Crippen molar-refractivity contribution in [3.8, 4) is 0 Å². The summed E-state index contributed by atoms with van der Waals surface area (Å²) in [6.45, 7) is 1.83. The van der Waals surface area contributed by atoms with E-state index in [9.17, 15) is 14.9 Å². The second kappa shape index (κ2) is 6.50. The van der Waals surface area contributed by atoms with Gasteiger partial charge < -0.3 is 0 Å². The van der Waals surface area contributed by atoms with Gasteiger partial charge >= 0.3 is 0 Å². The molecule has 21 heavy (non-hydrogen) atoms. The van der Waals surface area contributed by atoms with Gasteiger partial charge in [0.2, 0.25) is 0 Å². The molecule has 5 heteroatoms. The van der Waals surface area contributed by atoms with Gasteiger partial charge in [0.15, 0.2) is 5.78 Å². The van der Waals surface area contributed by atoms with Crippen LogP contribution in [0.5, 0.6) is 0 Å². The average molecular weight is 304 g/mol. The van der Waals surface area contributed by atoms with Crippen molar-refractivity contribution in [3.05, 3.63) is 74.8 Å². The minimum atomic E-state index is -0.492. The number of nitrogens with zero attached hydrogens (tertiary/aromatic N) is 1. The van der Waals surface area contributed by atoms with Crippen LogP contribution in [0.3, 0.4) is 0 Å². The Morgan fingerprint density at radius 3 is 2.48 bits per heavy atom. The molecule has 0 radical (unpaired) electrons. The first kappa shape index (κ1) is 15.2. The quantitative estimate of drug-likeness (QED) is 0.470. The van der Waals surface area contributed by atoms with E-state index < -0.39 is 4.92 Å². The molecule has 0 fully saturated rings. The molecule has 0 saturated carbocycles. The molecule has 0 heterocycles. The monoisotopic (exact) mass is 303 g/mol. The van der Waals surface area contributed by atoms with E-state index in [0.717, 1.165) is 5.56 Å². The van der Waals surface area contributed by atoms with Gasteiger partial charge in [-0.3, -0.25) is 14.9 Å². The van der Waals surface area contributed by atoms with Crippen LogP contribution < -0.4 is 0 Å². The van der Waals surface area contributed by atoms with E-state index in [-0.39, 0.29) is 17.4 Å². The van der Waals surface area contributed by atoms with Crippen LogP contribution >= 0.6 is 11.6 Å². The van der Waals surface area contributed by atoms with Crippen LogP contribution in [0.1, 0.15) is 22.8 Å². The topological polar surface area (TPSA) is 60.2 Å². The molecular weight excluding hydrogens is 290 g/mol. The van der Waals surface area contributed by atoms with Crippen LogP contribution in [0, 0.1) is 16.0 Å². The molecular formula is C16H14ClNO3. The maximum absolute atomic E-state index is 12.3. The summed E-state index contributed by atoms with van der Waals surface area (Å²) in [6.07, 6.45) is 0.449. The summed E-state index contributed by atoms with van der Waals surface area (Å²) in [5.41, 5.74) is 1.34. The minimum Gasteiger partial charge on any atom is -0.294 e. The molecule has 4 nitrogen and oxygen atoms in total. The van der Waals surface area contributed by atoms with Gasteiger partial charge in [-0.2, -0.15) is 0 Å². The zero-order valence-corrected chi connectivity index (χ0v) is 12.2. The standard InChI is InChI=1S/C16H14ClNO3/c1-11(16(19)12-5-3-2-4-6-12)9-13-7-8-14(18(20)21)10-15(13)17/h2-8,10-11H,9H2,1H3. The van der Waals surface area contributed by atoms with Crippen LogP contribution in [0.15, 0.2) is 48.5 Å². The highest BCUT2D eigenvalue weighted by Gasteiger charge is 2.18. The number of rotatable bonds is 5. The number of non-ortho nitro benzene ring substituents is 1. The molecule has 1 unspecified atom stereocenters. The second-order valence-electron chi connectivity index (χ2n) is 4.87. The van der Waals surface area contributed by atoms with Gasteiger partial charge in [-0.05, 0) is 12.0 Å². The van der Waals surface area contributed by atoms with E-state index in [0.29, 0.717) is 17.0 Å². The summed E-state index contributed by atoms with van der Waals surface area (Å²) in [5, 5.41) is 11.0. The molecule has 0 aliphatic rings. The predicted molar refractivity (Wildman–Crippen MR) is 81.7 cm³/mol. The second-order valence-corrected chi connectivity index (χ2v) is 5.28. The smallest absolute Gasteiger partial charge is 0.270 e. The number of halogens is 1. The Hall–Kier alpha value is -2.20. The Labute approximate surface area is 127 Å². The lowest BCUT2D eigenvalue weighted by Crippen LogP contribution is -2.14. The third-order valence-electron chi connectivity index (χ3n) is 3.28. The van der Waals surface area contributed by atoms with Crippen molar-refractivity contribution in [2.45, 2.75) is 13.3 Å². The van der Waals surface area contributed by atoms with Crippen molar-refractivity contribution >= 4 is 23.1 Å². The average Bonchev–Trinajstić information content (AvgIpc) is 2.49. The van der Waals surface area contributed by atoms with E-state index >= 15 is 0 Å². The third-order valence-corrected chi connectivity index (χ3v) is 3.63. The lowest BCUT2D eigenvalue weighted by molar-refractivity contribution is -0.384. The molecule has 108 valence electrons. The van der Waals surface area contributed by atoms with Crippen LogP contribution in [0.4, 0.5) is 5.69 Å². The van der Waals surface area contributed by atoms with Crippen LogP contribution in [-0.2, 0) is 6.42 Å². The van der Waals surface area contributed by atoms with Gasteiger partial charge in [-0.25, -0.2) is 0 Å². The van der Waals surface area contributed by atoms with Crippen molar-refractivity contribution < 1.29 is 9.72 Å². The number of hydrogen-bond donors (Lipinski definition) is 0. The maximum Gasteiger partial charge on any atom is 0.270 e. The molecule has 0 aromatic heterocycles. The lowest BCUT2D eigenvalue weighted by Gasteiger charge is -2.11. The molecule has 1 atom stereocenters. The van der Waals surface area contributed by atoms with Crippen molar-refractivity contribution in [2.75, 3.05) is 0 Å². The molecule has 0 aliphatic carbocycles. The zero-order valence-electron chi connectivity index (χ0n) is 11.5. The highest BCUT2D eigenvalue weighted by Crippen LogP contribution is 2.25. The summed E-state index contributed by atoms with van der Waals surface area (Å²) in [4.78, 5) is 22.5. The molecule has 0 N–H and O–H groups in total. The Balaban J connectivity index is 2.14. The van der Waals surface area contributed by atoms with Gasteiger partial charge in [0.05, 0.1) is 9.95 Å². The van der Waals surface area contributed by atoms with Crippen molar-refractivity contribution in [3.63, 3.8) is 0 Å². The normalized spacial score (nSPS) is 11.9. The number of carbonyl (C=O) groups excluding carboxylic acids is 1. The number of ketones is 1. The van der Waals surface area contributed by atoms with Gasteiger partial charge in [0, 0.05) is 23.6 Å². The van der Waals surface area contributed by atoms with Gasteiger partial charge in [-0.1, -0.05) is 54.9 Å². The molecule has 0 bridgehead atoms. The highest BCUT2D eigenvalue weighted by atomic mass is 35.5. The summed E-state index contributed by atoms with van der Waals surface area (Å²) >= 11 is 6.05. The summed E-state index contributed by atoms with van der Waals surface area (Å²) in [6, 6.07) is 13.4. The van der Waals surface area contributed by atoms with Crippen LogP contribution in [0.2, 0.25) is 5.02 Å². The largest absolute Gasteiger partial charge is 0.294 e. The molecule has 0 aliphatic heterocycles. The molecule has 0 saturated heterocycles. The minimum absolute atomic E-state index is 0.0324. The lowest BCUT2D eigenvalue weighted by atomic mass is 9.93. The van der Waals surface area contributed by atoms with E-state index in [1.807, 2.05) is 25.1 Å². The molecule has 2 rings (SSSR count). The first-order valence-electron chi connectivity index (χ1n) is 6.51. The third kappa shape index (κ3) is 3.67. The zero-order chi connectivity index (χ0) is 15.4. The number of nitro groups is 1. The van der Waals surface area contributed by atoms with Gasteiger partial charge in [-0.15, -0.1) is 0 Å². The molecule has 2 aromatic rings. The Kier molecular flexibility index (Phi) is 4.70. The number of carbonyl (C=O) groups is 1. The molecule has 0 amide bonds. The van der Waals surface area contributed by atoms with Gasteiger partial charge in [0.1, 0.15) is 0 Å². The summed E-state index contributed by atoms with van der Waals surface area (Å²) < 4.78 is 0. The van der Waals surface area contributed by atoms with Crippen LogP contribution in [-0.4, -0.2) is 10.7 Å². The number of nitro benzene ring substituents is 1. The highest BCUT2D eigenvalue weighted by molar-refractivity contribution is 6.31. The van der Waals surface area contributed by atoms with Gasteiger partial charge in [0.25, 0.3) is 5.69 Å². The van der Waals surface area contributed by atoms with Crippen molar-refractivity contribution in [2.24, 2.45) is 5.92 Å². The number of benzene rings is 2. The fourth-order valence-corrected chi connectivity index (χ4v) is 2.38. The maximum atomic E-state index is 12.3.